The largest absolute Gasteiger partial charge is 0.379 e. The van der Waals surface area contributed by atoms with Crippen LogP contribution in [0, 0.1) is 0 Å². The van der Waals surface area contributed by atoms with Crippen molar-refractivity contribution < 1.29 is 4.74 Å². The van der Waals surface area contributed by atoms with Gasteiger partial charge in [0.25, 0.3) is 0 Å². The highest BCUT2D eigenvalue weighted by Gasteiger charge is 2.20. The van der Waals surface area contributed by atoms with Gasteiger partial charge in [0.05, 0.1) is 5.60 Å². The minimum Gasteiger partial charge on any atom is -0.379 e. The molecular weight excluding hydrogens is 242 g/mol. The van der Waals surface area contributed by atoms with Crippen LogP contribution in [0.4, 0.5) is 0 Å². The fourth-order valence-corrected chi connectivity index (χ4v) is 3.92. The fraction of sp³-hybridized carbons (Fsp3) is 1.00. The van der Waals surface area contributed by atoms with Gasteiger partial charge in [0.1, 0.15) is 0 Å². The molecule has 0 bridgehead atoms. The molecule has 0 radical (unpaired) electrons. The summed E-state index contributed by atoms with van der Waals surface area (Å²) >= 11 is 2.18. The molecule has 1 aliphatic rings. The molecule has 1 rings (SSSR count). The lowest BCUT2D eigenvalue weighted by Gasteiger charge is -2.27. The second-order valence-electron chi connectivity index (χ2n) is 6.08. The Balaban J connectivity index is 2.20. The highest BCUT2D eigenvalue weighted by atomic mass is 32.2. The third kappa shape index (κ3) is 6.44. The van der Waals surface area contributed by atoms with Crippen LogP contribution >= 0.6 is 11.8 Å². The van der Waals surface area contributed by atoms with Crippen molar-refractivity contribution in [1.82, 2.24) is 5.32 Å². The Morgan fingerprint density at radius 2 is 1.94 bits per heavy atom. The second kappa shape index (κ2) is 8.44. The first-order valence-corrected chi connectivity index (χ1v) is 8.46. The summed E-state index contributed by atoms with van der Waals surface area (Å²) in [6.45, 7) is 4.35. The number of methoxy groups -OCH3 is 1. The lowest BCUT2D eigenvalue weighted by atomic mass is 9.99. The highest BCUT2D eigenvalue weighted by molar-refractivity contribution is 7.99. The van der Waals surface area contributed by atoms with E-state index in [1.54, 1.807) is 0 Å². The molecule has 1 N–H and O–H groups in total. The van der Waals surface area contributed by atoms with Gasteiger partial charge in [-0.2, -0.15) is 11.8 Å². The normalized spacial score (nSPS) is 20.0. The Morgan fingerprint density at radius 1 is 1.28 bits per heavy atom. The summed E-state index contributed by atoms with van der Waals surface area (Å²) in [7, 11) is 3.90. The Kier molecular flexibility index (Phi) is 7.66. The van der Waals surface area contributed by atoms with Crippen LogP contribution in [-0.2, 0) is 4.74 Å². The van der Waals surface area contributed by atoms with Crippen LogP contribution in [0.25, 0.3) is 0 Å². The van der Waals surface area contributed by atoms with Crippen molar-refractivity contribution in [3.05, 3.63) is 0 Å². The number of ether oxygens (including phenoxy) is 1. The predicted octanol–water partition coefficient (Wildman–Crippen LogP) is 3.85. The van der Waals surface area contributed by atoms with E-state index in [0.29, 0.717) is 6.04 Å². The zero-order valence-corrected chi connectivity index (χ0v) is 13.4. The van der Waals surface area contributed by atoms with Crippen molar-refractivity contribution in [3.63, 3.8) is 0 Å². The molecule has 0 aliphatic heterocycles. The first kappa shape index (κ1) is 16.3. The maximum absolute atomic E-state index is 5.49. The maximum Gasteiger partial charge on any atom is 0.0623 e. The lowest BCUT2D eigenvalue weighted by Crippen LogP contribution is -2.32. The van der Waals surface area contributed by atoms with E-state index in [4.69, 9.17) is 4.74 Å². The lowest BCUT2D eigenvalue weighted by molar-refractivity contribution is 0.0123. The molecule has 2 nitrogen and oxygen atoms in total. The predicted molar refractivity (Wildman–Crippen MR) is 82.5 cm³/mol. The Hall–Kier alpha value is 0.270. The van der Waals surface area contributed by atoms with Crippen molar-refractivity contribution in [1.29, 1.82) is 0 Å². The molecule has 0 aromatic heterocycles. The van der Waals surface area contributed by atoms with Crippen LogP contribution in [0.15, 0.2) is 0 Å². The van der Waals surface area contributed by atoms with Gasteiger partial charge in [0, 0.05) is 24.2 Å². The SMILES string of the molecule is CNC(CCC(C)(C)OC)CSC1CCCCC1. The number of rotatable bonds is 8. The Morgan fingerprint density at radius 3 is 2.50 bits per heavy atom. The van der Waals surface area contributed by atoms with Gasteiger partial charge in [0.15, 0.2) is 0 Å². The Bertz CT molecular complexity index is 215. The summed E-state index contributed by atoms with van der Waals surface area (Å²) in [5.41, 5.74) is 0.0185. The van der Waals surface area contributed by atoms with E-state index in [-0.39, 0.29) is 5.60 Å². The van der Waals surface area contributed by atoms with Crippen LogP contribution in [0.5, 0.6) is 0 Å². The minimum absolute atomic E-state index is 0.0185. The molecule has 1 aliphatic carbocycles. The zero-order chi connectivity index (χ0) is 13.4. The molecule has 0 spiro atoms. The maximum atomic E-state index is 5.49. The van der Waals surface area contributed by atoms with Gasteiger partial charge in [-0.1, -0.05) is 19.3 Å². The van der Waals surface area contributed by atoms with Gasteiger partial charge < -0.3 is 10.1 Å². The number of thioether (sulfide) groups is 1. The molecule has 1 saturated carbocycles. The first-order valence-electron chi connectivity index (χ1n) is 7.41. The van der Waals surface area contributed by atoms with E-state index in [1.807, 2.05) is 7.11 Å². The molecule has 1 unspecified atom stereocenters. The summed E-state index contributed by atoms with van der Waals surface area (Å²) in [5.74, 6) is 1.25. The number of nitrogens with one attached hydrogen (secondary N) is 1. The average Bonchev–Trinajstić information content (AvgIpc) is 2.40. The standard InChI is InChI=1S/C15H31NOS/c1-15(2,17-4)11-10-13(16-3)12-18-14-8-6-5-7-9-14/h13-14,16H,5-12H2,1-4H3. The molecule has 0 aromatic carbocycles. The van der Waals surface area contributed by atoms with Crippen molar-refractivity contribution in [3.8, 4) is 0 Å². The van der Waals surface area contributed by atoms with Crippen LogP contribution in [0.3, 0.4) is 0 Å². The fourth-order valence-electron chi connectivity index (χ4n) is 2.42. The van der Waals surface area contributed by atoms with Crippen LogP contribution in [-0.4, -0.2) is 36.8 Å². The van der Waals surface area contributed by atoms with E-state index in [9.17, 15) is 0 Å². The summed E-state index contributed by atoms with van der Waals surface area (Å²) in [4.78, 5) is 0. The van der Waals surface area contributed by atoms with Gasteiger partial charge in [0.2, 0.25) is 0 Å². The van der Waals surface area contributed by atoms with Crippen molar-refractivity contribution in [2.24, 2.45) is 0 Å². The van der Waals surface area contributed by atoms with Gasteiger partial charge in [-0.3, -0.25) is 0 Å². The quantitative estimate of drug-likeness (QED) is 0.726. The van der Waals surface area contributed by atoms with Gasteiger partial charge in [-0.25, -0.2) is 0 Å². The second-order valence-corrected chi connectivity index (χ2v) is 7.41. The van der Waals surface area contributed by atoms with Crippen molar-refractivity contribution >= 4 is 11.8 Å². The molecule has 18 heavy (non-hydrogen) atoms. The summed E-state index contributed by atoms with van der Waals surface area (Å²) < 4.78 is 5.49. The van der Waals surface area contributed by atoms with E-state index >= 15 is 0 Å². The molecule has 108 valence electrons. The molecule has 0 saturated heterocycles. The Labute approximate surface area is 118 Å². The summed E-state index contributed by atoms with van der Waals surface area (Å²) in [5, 5.41) is 4.38. The number of hydrogen-bond donors (Lipinski definition) is 1. The van der Waals surface area contributed by atoms with Crippen LogP contribution in [0.1, 0.15) is 58.8 Å². The average molecular weight is 273 g/mol. The molecule has 0 heterocycles. The van der Waals surface area contributed by atoms with Crippen molar-refractivity contribution in [2.45, 2.75) is 75.7 Å². The van der Waals surface area contributed by atoms with Crippen molar-refractivity contribution in [2.75, 3.05) is 19.9 Å². The summed E-state index contributed by atoms with van der Waals surface area (Å²) in [6.07, 6.45) is 9.54. The van der Waals surface area contributed by atoms with E-state index in [1.165, 1.54) is 44.3 Å². The smallest absolute Gasteiger partial charge is 0.0623 e. The van der Waals surface area contributed by atoms with E-state index in [0.717, 1.165) is 11.7 Å². The van der Waals surface area contributed by atoms with Gasteiger partial charge in [-0.15, -0.1) is 0 Å². The monoisotopic (exact) mass is 273 g/mol. The molecule has 0 aromatic rings. The van der Waals surface area contributed by atoms with Gasteiger partial charge >= 0.3 is 0 Å². The van der Waals surface area contributed by atoms with Crippen LogP contribution < -0.4 is 5.32 Å². The molecular formula is C15H31NOS. The van der Waals surface area contributed by atoms with Crippen LogP contribution in [0.2, 0.25) is 0 Å². The molecule has 1 atom stereocenters. The third-order valence-electron chi connectivity index (χ3n) is 4.14. The topological polar surface area (TPSA) is 21.3 Å². The number of hydrogen-bond acceptors (Lipinski definition) is 3. The zero-order valence-electron chi connectivity index (χ0n) is 12.6. The van der Waals surface area contributed by atoms with Gasteiger partial charge in [-0.05, 0) is 46.6 Å². The highest BCUT2D eigenvalue weighted by Crippen LogP contribution is 2.29. The minimum atomic E-state index is 0.0185. The molecule has 1 fully saturated rings. The first-order chi connectivity index (χ1) is 8.57. The third-order valence-corrected chi connectivity index (χ3v) is 5.68. The molecule has 0 amide bonds. The summed E-state index contributed by atoms with van der Waals surface area (Å²) in [6, 6.07) is 0.631. The van der Waals surface area contributed by atoms with E-state index in [2.05, 4.69) is 38.0 Å². The van der Waals surface area contributed by atoms with E-state index < -0.39 is 0 Å². The molecule has 3 heteroatoms.